The number of aliphatic carboxylic acids is 1. The molecule has 0 fully saturated rings. The molecule has 108 valence electrons. The Hall–Kier alpha value is -1.41. The number of carboxylic acid groups (broad SMARTS) is 1. The van der Waals surface area contributed by atoms with E-state index in [0.29, 0.717) is 16.3 Å². The predicted molar refractivity (Wildman–Crippen MR) is 74.3 cm³/mol. The van der Waals surface area contributed by atoms with Crippen LogP contribution >= 0.6 is 11.8 Å². The van der Waals surface area contributed by atoms with E-state index in [1.807, 2.05) is 0 Å². The van der Waals surface area contributed by atoms with E-state index in [1.54, 1.807) is 6.07 Å². The van der Waals surface area contributed by atoms with Crippen molar-refractivity contribution in [2.45, 2.75) is 5.03 Å². The number of nitrogens with zero attached hydrogens (tertiary/aromatic N) is 1. The Morgan fingerprint density at radius 3 is 2.41 bits per heavy atom. The molecular formula is C14H10FN2NaO3S. The number of carboxylic acids is 1. The second kappa shape index (κ2) is 8.89. The van der Waals surface area contributed by atoms with Crippen molar-refractivity contribution in [2.24, 2.45) is 0 Å². The van der Waals surface area contributed by atoms with E-state index in [9.17, 15) is 19.1 Å². The first-order valence-electron chi connectivity index (χ1n) is 5.90. The summed E-state index contributed by atoms with van der Waals surface area (Å²) < 4.78 is 12.7. The average molecular weight is 328 g/mol. The van der Waals surface area contributed by atoms with E-state index in [2.05, 4.69) is 10.3 Å². The van der Waals surface area contributed by atoms with Gasteiger partial charge in [-0.1, -0.05) is 0 Å². The number of carbonyl (C=O) groups excluding carboxylic acids is 2. The maximum Gasteiger partial charge on any atom is 1.00 e. The molecule has 2 aromatic rings. The number of carbonyl (C=O) groups is 2. The van der Waals surface area contributed by atoms with Crippen molar-refractivity contribution in [2.75, 3.05) is 11.1 Å². The van der Waals surface area contributed by atoms with Crippen LogP contribution in [0.4, 0.5) is 10.1 Å². The fraction of sp³-hybridized carbons (Fsp3) is 0.0714. The van der Waals surface area contributed by atoms with Crippen molar-refractivity contribution in [3.05, 3.63) is 54.0 Å². The molecule has 1 N–H and O–H groups in total. The largest absolute Gasteiger partial charge is 1.00 e. The van der Waals surface area contributed by atoms with Crippen molar-refractivity contribution in [3.8, 4) is 0 Å². The van der Waals surface area contributed by atoms with Gasteiger partial charge in [-0.25, -0.2) is 9.37 Å². The number of thioether (sulfide) groups is 1. The zero-order valence-corrected chi connectivity index (χ0v) is 14.5. The standard InChI is InChI=1S/C14H11FN2O3S.Na/c15-10-2-4-11(5-3-10)17-14(20)9-1-6-12(16-7-9)21-8-13(18)19;/h1-7H,8H2,(H,17,20)(H,18,19);/q;+1/p-1. The van der Waals surface area contributed by atoms with Crippen LogP contribution in [0.1, 0.15) is 10.4 Å². The van der Waals surface area contributed by atoms with Gasteiger partial charge in [0.2, 0.25) is 0 Å². The fourth-order valence-electron chi connectivity index (χ4n) is 1.47. The molecule has 0 saturated carbocycles. The quantitative estimate of drug-likeness (QED) is 0.524. The molecular weight excluding hydrogens is 318 g/mol. The third kappa shape index (κ3) is 5.76. The number of rotatable bonds is 5. The Bertz CT molecular complexity index is 650. The van der Waals surface area contributed by atoms with Crippen LogP contribution in [-0.4, -0.2) is 22.6 Å². The van der Waals surface area contributed by atoms with Gasteiger partial charge in [0.15, 0.2) is 0 Å². The van der Waals surface area contributed by atoms with Crippen molar-refractivity contribution in [3.63, 3.8) is 0 Å². The smallest absolute Gasteiger partial charge is 0.549 e. The minimum absolute atomic E-state index is 0. The number of amides is 1. The Labute approximate surface area is 152 Å². The molecule has 0 radical (unpaired) electrons. The Morgan fingerprint density at radius 1 is 1.18 bits per heavy atom. The summed E-state index contributed by atoms with van der Waals surface area (Å²) in [5.74, 6) is -2.15. The normalized spacial score (nSPS) is 9.68. The number of nitrogens with one attached hydrogen (secondary N) is 1. The summed E-state index contributed by atoms with van der Waals surface area (Å²) in [5.41, 5.74) is 0.786. The van der Waals surface area contributed by atoms with Crippen LogP contribution in [-0.2, 0) is 4.79 Å². The molecule has 8 heteroatoms. The van der Waals surface area contributed by atoms with Gasteiger partial charge in [-0.3, -0.25) is 4.79 Å². The van der Waals surface area contributed by atoms with E-state index < -0.39 is 5.97 Å². The Kier molecular flexibility index (Phi) is 7.53. The number of hydrogen-bond acceptors (Lipinski definition) is 5. The van der Waals surface area contributed by atoms with Gasteiger partial charge in [0.1, 0.15) is 5.82 Å². The van der Waals surface area contributed by atoms with E-state index in [4.69, 9.17) is 0 Å². The molecule has 0 unspecified atom stereocenters. The maximum atomic E-state index is 12.7. The van der Waals surface area contributed by atoms with Gasteiger partial charge in [-0.15, -0.1) is 11.8 Å². The molecule has 5 nitrogen and oxygen atoms in total. The van der Waals surface area contributed by atoms with Gasteiger partial charge in [0.25, 0.3) is 5.91 Å². The van der Waals surface area contributed by atoms with Crippen LogP contribution in [0.15, 0.2) is 47.6 Å². The molecule has 0 spiro atoms. The first-order chi connectivity index (χ1) is 10.0. The van der Waals surface area contributed by atoms with Crippen LogP contribution in [0.5, 0.6) is 0 Å². The van der Waals surface area contributed by atoms with E-state index in [-0.39, 0.29) is 47.0 Å². The minimum Gasteiger partial charge on any atom is -0.549 e. The maximum absolute atomic E-state index is 12.7. The molecule has 0 atom stereocenters. The van der Waals surface area contributed by atoms with Crippen LogP contribution in [0.3, 0.4) is 0 Å². The van der Waals surface area contributed by atoms with E-state index >= 15 is 0 Å². The number of hydrogen-bond donors (Lipinski definition) is 1. The van der Waals surface area contributed by atoms with Crippen molar-refractivity contribution in [1.82, 2.24) is 4.98 Å². The molecule has 0 aliphatic heterocycles. The molecule has 0 saturated heterocycles. The van der Waals surface area contributed by atoms with Crippen molar-refractivity contribution in [1.29, 1.82) is 0 Å². The van der Waals surface area contributed by atoms with Gasteiger partial charge >= 0.3 is 29.6 Å². The van der Waals surface area contributed by atoms with Gasteiger partial charge in [-0.2, -0.15) is 0 Å². The second-order valence-corrected chi connectivity index (χ2v) is 5.00. The molecule has 0 bridgehead atoms. The Morgan fingerprint density at radius 2 is 1.86 bits per heavy atom. The predicted octanol–water partition coefficient (Wildman–Crippen LogP) is -1.68. The van der Waals surface area contributed by atoms with E-state index in [0.717, 1.165) is 11.8 Å². The number of pyridine rings is 1. The van der Waals surface area contributed by atoms with Crippen LogP contribution < -0.4 is 40.0 Å². The van der Waals surface area contributed by atoms with Crippen molar-refractivity contribution < 1.29 is 48.6 Å². The van der Waals surface area contributed by atoms with Gasteiger partial charge < -0.3 is 15.2 Å². The summed E-state index contributed by atoms with van der Waals surface area (Å²) in [4.78, 5) is 26.2. The minimum atomic E-state index is -1.18. The van der Waals surface area contributed by atoms with Crippen molar-refractivity contribution >= 4 is 29.3 Å². The number of anilines is 1. The van der Waals surface area contributed by atoms with Crippen LogP contribution in [0.25, 0.3) is 0 Å². The average Bonchev–Trinajstić information content (AvgIpc) is 2.48. The van der Waals surface area contributed by atoms with Crippen LogP contribution in [0.2, 0.25) is 0 Å². The third-order valence-corrected chi connectivity index (χ3v) is 3.36. The zero-order chi connectivity index (χ0) is 15.2. The topological polar surface area (TPSA) is 82.1 Å². The molecule has 2 rings (SSSR count). The number of benzene rings is 1. The van der Waals surface area contributed by atoms with Gasteiger partial charge in [-0.05, 0) is 36.4 Å². The number of halogens is 1. The summed E-state index contributed by atoms with van der Waals surface area (Å²) in [6.45, 7) is 0. The SMILES string of the molecule is O=C([O-])CSc1ccc(C(=O)Nc2ccc(F)cc2)cn1.[Na+]. The zero-order valence-electron chi connectivity index (χ0n) is 11.7. The molecule has 1 heterocycles. The monoisotopic (exact) mass is 328 g/mol. The molecule has 22 heavy (non-hydrogen) atoms. The van der Waals surface area contributed by atoms with Gasteiger partial charge in [0, 0.05) is 17.6 Å². The van der Waals surface area contributed by atoms with Crippen LogP contribution in [0, 0.1) is 5.82 Å². The molecule has 1 aromatic heterocycles. The summed E-state index contributed by atoms with van der Waals surface area (Å²) >= 11 is 1.01. The van der Waals surface area contributed by atoms with E-state index in [1.165, 1.54) is 36.5 Å². The second-order valence-electron chi connectivity index (χ2n) is 4.01. The molecule has 0 aliphatic carbocycles. The molecule has 1 aromatic carbocycles. The summed E-state index contributed by atoms with van der Waals surface area (Å²) in [6.07, 6.45) is 1.34. The molecule has 1 amide bonds. The molecule has 0 aliphatic rings. The first-order valence-corrected chi connectivity index (χ1v) is 6.89. The fourth-order valence-corrected chi connectivity index (χ4v) is 2.03. The number of aromatic nitrogens is 1. The summed E-state index contributed by atoms with van der Waals surface area (Å²) in [6, 6.07) is 8.47. The Balaban J connectivity index is 0.00000242. The summed E-state index contributed by atoms with van der Waals surface area (Å²) in [5, 5.41) is 13.4. The summed E-state index contributed by atoms with van der Waals surface area (Å²) in [7, 11) is 0. The third-order valence-electron chi connectivity index (χ3n) is 2.44. The first kappa shape index (κ1) is 18.6. The van der Waals surface area contributed by atoms with Gasteiger partial charge in [0.05, 0.1) is 16.6 Å².